The maximum atomic E-state index is 12.8. The highest BCUT2D eigenvalue weighted by Gasteiger charge is 2.20. The summed E-state index contributed by atoms with van der Waals surface area (Å²) in [6.45, 7) is 7.88. The molecule has 172 valence electrons. The summed E-state index contributed by atoms with van der Waals surface area (Å²) in [6.07, 6.45) is 1.82. The monoisotopic (exact) mass is 458 g/mol. The summed E-state index contributed by atoms with van der Waals surface area (Å²) in [5.41, 5.74) is 2.63. The Kier molecular flexibility index (Phi) is 5.82. The Labute approximate surface area is 195 Å². The number of pyridine rings is 1. The van der Waals surface area contributed by atoms with E-state index < -0.39 is 6.16 Å². The van der Waals surface area contributed by atoms with Gasteiger partial charge in [0, 0.05) is 28.8 Å². The fourth-order valence-corrected chi connectivity index (χ4v) is 3.16. The van der Waals surface area contributed by atoms with Crippen molar-refractivity contribution in [1.29, 1.82) is 0 Å². The van der Waals surface area contributed by atoms with Gasteiger partial charge in [-0.2, -0.15) is 0 Å². The minimum atomic E-state index is -1.42. The largest absolute Gasteiger partial charge is 0.511 e. The standard InChI is InChI=1S/C25H22N4O5/c1-15-7-8-17(23(30)27-21-13-20(34-28-21)25(2,3)4)12-16(15)9-10-18-14-26-22-19(33-24(31)32)6-5-11-29(18)22/h5-8,11-14H,1-4H3,(H,31,32)(H,27,28,30). The molecule has 2 N–H and O–H groups in total. The predicted molar refractivity (Wildman–Crippen MR) is 124 cm³/mol. The molecular weight excluding hydrogens is 436 g/mol. The predicted octanol–water partition coefficient (Wildman–Crippen LogP) is 4.64. The van der Waals surface area contributed by atoms with Gasteiger partial charge in [-0.15, -0.1) is 0 Å². The first kappa shape index (κ1) is 22.6. The summed E-state index contributed by atoms with van der Waals surface area (Å²) in [6, 6.07) is 10.1. The number of hydrogen-bond donors (Lipinski definition) is 2. The van der Waals surface area contributed by atoms with E-state index in [0.717, 1.165) is 5.56 Å². The Morgan fingerprint density at radius 1 is 1.18 bits per heavy atom. The number of hydrogen-bond acceptors (Lipinski definition) is 6. The summed E-state index contributed by atoms with van der Waals surface area (Å²) in [5.74, 6) is 6.89. The lowest BCUT2D eigenvalue weighted by Gasteiger charge is -2.12. The normalized spacial score (nSPS) is 11.1. The van der Waals surface area contributed by atoms with Crippen molar-refractivity contribution in [2.75, 3.05) is 5.32 Å². The number of nitrogens with zero attached hydrogens (tertiary/aromatic N) is 3. The van der Waals surface area contributed by atoms with Crippen molar-refractivity contribution in [2.24, 2.45) is 0 Å². The number of imidazole rings is 1. The number of benzene rings is 1. The molecule has 3 heterocycles. The molecule has 0 fully saturated rings. The fraction of sp³-hybridized carbons (Fsp3) is 0.200. The molecule has 1 aromatic carbocycles. The first-order valence-corrected chi connectivity index (χ1v) is 10.4. The summed E-state index contributed by atoms with van der Waals surface area (Å²) in [4.78, 5) is 27.8. The van der Waals surface area contributed by atoms with Crippen LogP contribution >= 0.6 is 0 Å². The van der Waals surface area contributed by atoms with Crippen LogP contribution in [0, 0.1) is 18.8 Å². The van der Waals surface area contributed by atoms with Gasteiger partial charge in [-0.05, 0) is 42.7 Å². The van der Waals surface area contributed by atoms with Gasteiger partial charge in [-0.25, -0.2) is 9.78 Å². The maximum Gasteiger partial charge on any atom is 0.511 e. The molecule has 0 saturated carbocycles. The quantitative estimate of drug-likeness (QED) is 0.339. The highest BCUT2D eigenvalue weighted by Crippen LogP contribution is 2.25. The zero-order valence-corrected chi connectivity index (χ0v) is 19.0. The lowest BCUT2D eigenvalue weighted by molar-refractivity contribution is 0.102. The molecule has 3 aromatic heterocycles. The van der Waals surface area contributed by atoms with Crippen molar-refractivity contribution in [3.8, 4) is 17.6 Å². The number of carbonyl (C=O) groups is 2. The minimum absolute atomic E-state index is 0.111. The number of anilines is 1. The van der Waals surface area contributed by atoms with Crippen molar-refractivity contribution in [1.82, 2.24) is 14.5 Å². The average molecular weight is 458 g/mol. The van der Waals surface area contributed by atoms with E-state index in [1.165, 1.54) is 12.3 Å². The smallest absolute Gasteiger partial charge is 0.449 e. The van der Waals surface area contributed by atoms with Crippen LogP contribution in [-0.2, 0) is 5.41 Å². The van der Waals surface area contributed by atoms with Gasteiger partial charge in [0.1, 0.15) is 11.5 Å². The van der Waals surface area contributed by atoms with Crippen LogP contribution in [0.2, 0.25) is 0 Å². The van der Waals surface area contributed by atoms with Gasteiger partial charge in [0.15, 0.2) is 17.2 Å². The molecule has 0 aliphatic heterocycles. The Balaban J connectivity index is 1.59. The van der Waals surface area contributed by atoms with Crippen LogP contribution in [0.15, 0.2) is 53.3 Å². The second kappa shape index (κ2) is 8.75. The van der Waals surface area contributed by atoms with E-state index in [-0.39, 0.29) is 17.1 Å². The second-order valence-corrected chi connectivity index (χ2v) is 8.64. The average Bonchev–Trinajstić information content (AvgIpc) is 3.40. The number of carbonyl (C=O) groups excluding carboxylic acids is 1. The highest BCUT2D eigenvalue weighted by molar-refractivity contribution is 6.04. The Hall–Kier alpha value is -4.58. The van der Waals surface area contributed by atoms with Gasteiger partial charge in [-0.3, -0.25) is 9.20 Å². The minimum Gasteiger partial charge on any atom is -0.449 e. The Morgan fingerprint density at radius 3 is 2.68 bits per heavy atom. The number of nitrogens with one attached hydrogen (secondary N) is 1. The van der Waals surface area contributed by atoms with Crippen LogP contribution in [0.1, 0.15) is 53.7 Å². The van der Waals surface area contributed by atoms with Crippen LogP contribution in [0.4, 0.5) is 10.6 Å². The van der Waals surface area contributed by atoms with Crippen molar-refractivity contribution in [2.45, 2.75) is 33.1 Å². The number of rotatable bonds is 3. The van der Waals surface area contributed by atoms with Gasteiger partial charge < -0.3 is 19.7 Å². The van der Waals surface area contributed by atoms with Crippen molar-refractivity contribution < 1.29 is 24.0 Å². The second-order valence-electron chi connectivity index (χ2n) is 8.64. The van der Waals surface area contributed by atoms with E-state index in [9.17, 15) is 9.59 Å². The van der Waals surface area contributed by atoms with Crippen LogP contribution < -0.4 is 10.1 Å². The third kappa shape index (κ3) is 4.76. The van der Waals surface area contributed by atoms with E-state index in [0.29, 0.717) is 34.0 Å². The van der Waals surface area contributed by atoms with E-state index >= 15 is 0 Å². The van der Waals surface area contributed by atoms with E-state index in [1.54, 1.807) is 34.9 Å². The number of carboxylic acid groups (broad SMARTS) is 1. The summed E-state index contributed by atoms with van der Waals surface area (Å²) in [7, 11) is 0. The molecule has 9 heteroatoms. The molecule has 0 unspecified atom stereocenters. The molecule has 0 radical (unpaired) electrons. The van der Waals surface area contributed by atoms with Gasteiger partial charge in [0.05, 0.1) is 6.20 Å². The molecule has 0 aliphatic carbocycles. The molecule has 0 bridgehead atoms. The number of ether oxygens (including phenoxy) is 1. The maximum absolute atomic E-state index is 12.8. The van der Waals surface area contributed by atoms with Crippen LogP contribution in [0.25, 0.3) is 5.65 Å². The lowest BCUT2D eigenvalue weighted by atomic mass is 9.93. The molecule has 0 spiro atoms. The Bertz CT molecular complexity index is 1460. The third-order valence-electron chi connectivity index (χ3n) is 5.01. The molecule has 0 aliphatic rings. The number of aryl methyl sites for hydroxylation is 1. The summed E-state index contributed by atoms with van der Waals surface area (Å²) < 4.78 is 11.7. The lowest BCUT2D eigenvalue weighted by Crippen LogP contribution is -2.13. The SMILES string of the molecule is Cc1ccc(C(=O)Nc2cc(C(C)(C)C)on2)cc1C#Cc1cnc2c(OC(=O)O)cccn12. The molecule has 4 aromatic rings. The molecule has 1 amide bonds. The molecule has 0 atom stereocenters. The molecule has 9 nitrogen and oxygen atoms in total. The van der Waals surface area contributed by atoms with Gasteiger partial charge in [0.25, 0.3) is 5.91 Å². The van der Waals surface area contributed by atoms with Crippen molar-refractivity contribution in [3.05, 3.63) is 76.9 Å². The van der Waals surface area contributed by atoms with Crippen LogP contribution in [0.5, 0.6) is 5.75 Å². The van der Waals surface area contributed by atoms with Crippen molar-refractivity contribution >= 4 is 23.5 Å². The van der Waals surface area contributed by atoms with Gasteiger partial charge in [-0.1, -0.05) is 37.9 Å². The summed E-state index contributed by atoms with van der Waals surface area (Å²) in [5, 5.41) is 15.6. The van der Waals surface area contributed by atoms with Crippen LogP contribution in [0.3, 0.4) is 0 Å². The third-order valence-corrected chi connectivity index (χ3v) is 5.01. The highest BCUT2D eigenvalue weighted by atomic mass is 16.7. The number of aromatic nitrogens is 3. The topological polar surface area (TPSA) is 119 Å². The van der Waals surface area contributed by atoms with Crippen LogP contribution in [-0.4, -0.2) is 31.7 Å². The molecule has 4 rings (SSSR count). The van der Waals surface area contributed by atoms with Gasteiger partial charge in [0.2, 0.25) is 0 Å². The molecule has 34 heavy (non-hydrogen) atoms. The van der Waals surface area contributed by atoms with E-state index in [1.807, 2.05) is 33.8 Å². The number of fused-ring (bicyclic) bond motifs is 1. The molecule has 0 saturated heterocycles. The number of amides is 1. The first-order valence-electron chi connectivity index (χ1n) is 10.4. The summed E-state index contributed by atoms with van der Waals surface area (Å²) >= 11 is 0. The van der Waals surface area contributed by atoms with E-state index in [4.69, 9.17) is 14.4 Å². The first-order chi connectivity index (χ1) is 16.1. The van der Waals surface area contributed by atoms with Crippen molar-refractivity contribution in [3.63, 3.8) is 0 Å². The zero-order valence-electron chi connectivity index (χ0n) is 19.0. The Morgan fingerprint density at radius 2 is 1.97 bits per heavy atom. The fourth-order valence-electron chi connectivity index (χ4n) is 3.16. The van der Waals surface area contributed by atoms with Gasteiger partial charge >= 0.3 is 6.16 Å². The zero-order chi connectivity index (χ0) is 24.5. The van der Waals surface area contributed by atoms with E-state index in [2.05, 4.69) is 27.3 Å². The molecular formula is C25H22N4O5.